The molecule has 1 heterocycles. The van der Waals surface area contributed by atoms with Gasteiger partial charge in [0, 0.05) is 49.7 Å². The van der Waals surface area contributed by atoms with Gasteiger partial charge >= 0.3 is 0 Å². The Morgan fingerprint density at radius 3 is 1.35 bits per heavy atom. The molecule has 6 heteroatoms. The maximum Gasteiger partial charge on any atom is 0.222 e. The third-order valence-corrected chi connectivity index (χ3v) is 4.66. The third-order valence-electron chi connectivity index (χ3n) is 3.53. The van der Waals surface area contributed by atoms with E-state index >= 15 is 0 Å². The summed E-state index contributed by atoms with van der Waals surface area (Å²) in [6, 6.07) is 0. The minimum Gasteiger partial charge on any atom is -0.339 e. The van der Waals surface area contributed by atoms with Crippen molar-refractivity contribution in [1.29, 1.82) is 0 Å². The second kappa shape index (κ2) is 10.6. The molecule has 0 aromatic rings. The molecular weight excluding hydrogens is 388 g/mol. The molecule has 0 bridgehead atoms. The molecule has 116 valence electrons. The van der Waals surface area contributed by atoms with E-state index in [-0.39, 0.29) is 11.8 Å². The Hall–Kier alpha value is -0.100. The fourth-order valence-corrected chi connectivity index (χ4v) is 3.06. The van der Waals surface area contributed by atoms with Crippen LogP contribution in [0.3, 0.4) is 0 Å². The molecule has 2 amide bonds. The summed E-state index contributed by atoms with van der Waals surface area (Å²) in [5, 5.41) is 1.91. The first-order valence-corrected chi connectivity index (χ1v) is 9.60. The van der Waals surface area contributed by atoms with E-state index in [1.165, 1.54) is 0 Å². The van der Waals surface area contributed by atoms with E-state index in [1.54, 1.807) is 0 Å². The average molecular weight is 412 g/mol. The summed E-state index contributed by atoms with van der Waals surface area (Å²) in [5.41, 5.74) is 0. The van der Waals surface area contributed by atoms with Crippen LogP contribution in [0, 0.1) is 0 Å². The molecule has 4 nitrogen and oxygen atoms in total. The van der Waals surface area contributed by atoms with Crippen LogP contribution in [-0.4, -0.2) is 58.5 Å². The quantitative estimate of drug-likeness (QED) is 0.455. The van der Waals surface area contributed by atoms with E-state index in [0.717, 1.165) is 36.3 Å². The SMILES string of the molecule is O=C(CCCCBr)N1CCN(C(=O)CCCCBr)CC1. The number of unbranched alkanes of at least 4 members (excludes halogenated alkanes) is 2. The van der Waals surface area contributed by atoms with Gasteiger partial charge in [0.25, 0.3) is 0 Å². The van der Waals surface area contributed by atoms with E-state index in [0.29, 0.717) is 39.0 Å². The molecule has 0 radical (unpaired) electrons. The van der Waals surface area contributed by atoms with Gasteiger partial charge in [-0.3, -0.25) is 9.59 Å². The lowest BCUT2D eigenvalue weighted by Gasteiger charge is -2.35. The highest BCUT2D eigenvalue weighted by atomic mass is 79.9. The Kier molecular flexibility index (Phi) is 9.52. The molecule has 0 atom stereocenters. The smallest absolute Gasteiger partial charge is 0.222 e. The molecule has 0 aromatic heterocycles. The molecule has 0 unspecified atom stereocenters. The van der Waals surface area contributed by atoms with Gasteiger partial charge in [0.1, 0.15) is 0 Å². The molecule has 1 aliphatic rings. The van der Waals surface area contributed by atoms with Crippen molar-refractivity contribution in [3.63, 3.8) is 0 Å². The molecule has 0 N–H and O–H groups in total. The van der Waals surface area contributed by atoms with Gasteiger partial charge in [-0.1, -0.05) is 31.9 Å². The van der Waals surface area contributed by atoms with Gasteiger partial charge in [-0.05, 0) is 25.7 Å². The van der Waals surface area contributed by atoms with E-state index in [4.69, 9.17) is 0 Å². The monoisotopic (exact) mass is 410 g/mol. The highest BCUT2D eigenvalue weighted by Gasteiger charge is 2.23. The molecule has 0 aliphatic carbocycles. The molecular formula is C14H24Br2N2O2. The van der Waals surface area contributed by atoms with Gasteiger partial charge in [-0.15, -0.1) is 0 Å². The first kappa shape index (κ1) is 18.0. The lowest BCUT2D eigenvalue weighted by atomic mass is 10.2. The number of carbonyl (C=O) groups excluding carboxylic acids is 2. The highest BCUT2D eigenvalue weighted by Crippen LogP contribution is 2.09. The maximum atomic E-state index is 12.0. The predicted molar refractivity (Wildman–Crippen MR) is 88.5 cm³/mol. The van der Waals surface area contributed by atoms with Gasteiger partial charge in [0.15, 0.2) is 0 Å². The number of alkyl halides is 2. The Balaban J connectivity index is 2.21. The molecule has 0 aromatic carbocycles. The van der Waals surface area contributed by atoms with Gasteiger partial charge in [-0.25, -0.2) is 0 Å². The second-order valence-electron chi connectivity index (χ2n) is 5.05. The summed E-state index contributed by atoms with van der Waals surface area (Å²) in [6.07, 6.45) is 5.22. The largest absolute Gasteiger partial charge is 0.339 e. The van der Waals surface area contributed by atoms with Crippen LogP contribution < -0.4 is 0 Å². The topological polar surface area (TPSA) is 40.6 Å². The molecule has 1 saturated heterocycles. The minimum atomic E-state index is 0.234. The number of rotatable bonds is 8. The Morgan fingerprint density at radius 2 is 1.05 bits per heavy atom. The average Bonchev–Trinajstić information content (AvgIpc) is 2.47. The minimum absolute atomic E-state index is 0.234. The predicted octanol–water partition coefficient (Wildman–Crippen LogP) is 2.79. The Labute approximate surface area is 138 Å². The lowest BCUT2D eigenvalue weighted by Crippen LogP contribution is -2.50. The maximum absolute atomic E-state index is 12.0. The fraction of sp³-hybridized carbons (Fsp3) is 0.857. The van der Waals surface area contributed by atoms with Crippen molar-refractivity contribution in [2.75, 3.05) is 36.8 Å². The molecule has 1 aliphatic heterocycles. The molecule has 1 fully saturated rings. The van der Waals surface area contributed by atoms with Crippen LogP contribution >= 0.6 is 31.9 Å². The Bertz CT molecular complexity index is 276. The first-order chi connectivity index (χ1) is 9.69. The fourth-order valence-electron chi connectivity index (χ4n) is 2.26. The van der Waals surface area contributed by atoms with Crippen LogP contribution in [0.4, 0.5) is 0 Å². The van der Waals surface area contributed by atoms with Gasteiger partial charge in [-0.2, -0.15) is 0 Å². The first-order valence-electron chi connectivity index (χ1n) is 7.36. The summed E-state index contributed by atoms with van der Waals surface area (Å²) in [4.78, 5) is 27.7. The van der Waals surface area contributed by atoms with Crippen LogP contribution in [0.5, 0.6) is 0 Å². The molecule has 0 saturated carbocycles. The number of halogens is 2. The summed E-state index contributed by atoms with van der Waals surface area (Å²) in [6.45, 7) is 2.77. The molecule has 1 rings (SSSR count). The van der Waals surface area contributed by atoms with E-state index in [1.807, 2.05) is 9.80 Å². The van der Waals surface area contributed by atoms with Crippen molar-refractivity contribution in [2.24, 2.45) is 0 Å². The summed E-state index contributed by atoms with van der Waals surface area (Å²) in [7, 11) is 0. The molecule has 0 spiro atoms. The van der Waals surface area contributed by atoms with Crippen molar-refractivity contribution >= 4 is 43.7 Å². The van der Waals surface area contributed by atoms with Crippen molar-refractivity contribution in [2.45, 2.75) is 38.5 Å². The zero-order valence-corrected chi connectivity index (χ0v) is 15.1. The van der Waals surface area contributed by atoms with Crippen LogP contribution in [0.1, 0.15) is 38.5 Å². The number of hydrogen-bond acceptors (Lipinski definition) is 2. The van der Waals surface area contributed by atoms with Crippen LogP contribution in [0.25, 0.3) is 0 Å². The second-order valence-corrected chi connectivity index (χ2v) is 6.64. The number of nitrogens with zero attached hydrogens (tertiary/aromatic N) is 2. The zero-order valence-electron chi connectivity index (χ0n) is 12.0. The summed E-state index contributed by atoms with van der Waals surface area (Å²) >= 11 is 6.75. The van der Waals surface area contributed by atoms with Crippen molar-refractivity contribution in [3.05, 3.63) is 0 Å². The number of amides is 2. The number of piperazine rings is 1. The van der Waals surface area contributed by atoms with Crippen LogP contribution in [-0.2, 0) is 9.59 Å². The van der Waals surface area contributed by atoms with Gasteiger partial charge < -0.3 is 9.80 Å². The van der Waals surface area contributed by atoms with Crippen LogP contribution in [0.2, 0.25) is 0 Å². The van der Waals surface area contributed by atoms with Crippen molar-refractivity contribution < 1.29 is 9.59 Å². The standard InChI is InChI=1S/C14H24Br2N2O2/c15-7-3-1-5-13(19)17-9-11-18(12-10-17)14(20)6-2-4-8-16/h1-12H2. The van der Waals surface area contributed by atoms with E-state index < -0.39 is 0 Å². The Morgan fingerprint density at radius 1 is 0.700 bits per heavy atom. The summed E-state index contributed by atoms with van der Waals surface area (Å²) in [5.74, 6) is 0.467. The normalized spacial score (nSPS) is 15.5. The van der Waals surface area contributed by atoms with Gasteiger partial charge in [0.2, 0.25) is 11.8 Å². The summed E-state index contributed by atoms with van der Waals surface area (Å²) < 4.78 is 0. The third kappa shape index (κ3) is 6.57. The zero-order chi connectivity index (χ0) is 14.8. The van der Waals surface area contributed by atoms with Crippen molar-refractivity contribution in [1.82, 2.24) is 9.80 Å². The van der Waals surface area contributed by atoms with Crippen LogP contribution in [0.15, 0.2) is 0 Å². The van der Waals surface area contributed by atoms with Gasteiger partial charge in [0.05, 0.1) is 0 Å². The number of hydrogen-bond donors (Lipinski definition) is 0. The van der Waals surface area contributed by atoms with E-state index in [2.05, 4.69) is 31.9 Å². The number of carbonyl (C=O) groups is 2. The molecule has 20 heavy (non-hydrogen) atoms. The lowest BCUT2D eigenvalue weighted by molar-refractivity contribution is -0.139. The highest BCUT2D eigenvalue weighted by molar-refractivity contribution is 9.09. The van der Waals surface area contributed by atoms with E-state index in [9.17, 15) is 9.59 Å². The van der Waals surface area contributed by atoms with Crippen molar-refractivity contribution in [3.8, 4) is 0 Å².